The number of aromatic nitrogens is 2. The smallest absolute Gasteiger partial charge is 0.243 e. The van der Waals surface area contributed by atoms with Crippen molar-refractivity contribution >= 4 is 55.8 Å². The van der Waals surface area contributed by atoms with Gasteiger partial charge in [-0.05, 0) is 41.9 Å². The van der Waals surface area contributed by atoms with Crippen LogP contribution in [0.1, 0.15) is 0 Å². The highest BCUT2D eigenvalue weighted by molar-refractivity contribution is 7.99. The van der Waals surface area contributed by atoms with Crippen LogP contribution in [0.3, 0.4) is 0 Å². The Bertz CT molecular complexity index is 1200. The van der Waals surface area contributed by atoms with Crippen molar-refractivity contribution < 1.29 is 17.9 Å². The normalized spacial score (nSPS) is 15.1. The van der Waals surface area contributed by atoms with E-state index in [-0.39, 0.29) is 10.2 Å². The predicted molar refractivity (Wildman–Crippen MR) is 123 cm³/mol. The molecule has 11 heteroatoms. The summed E-state index contributed by atoms with van der Waals surface area (Å²) in [5.41, 5.74) is 1.25. The first-order valence-corrected chi connectivity index (χ1v) is 12.4. The van der Waals surface area contributed by atoms with Crippen molar-refractivity contribution in [3.63, 3.8) is 0 Å². The van der Waals surface area contributed by atoms with E-state index < -0.39 is 10.0 Å². The second-order valence-corrected chi connectivity index (χ2v) is 10.2. The second-order valence-electron chi connectivity index (χ2n) is 6.73. The number of rotatable bonds is 6. The van der Waals surface area contributed by atoms with Crippen molar-refractivity contribution in [3.05, 3.63) is 41.7 Å². The summed E-state index contributed by atoms with van der Waals surface area (Å²) in [5.74, 6) is 3.16. The van der Waals surface area contributed by atoms with E-state index in [4.69, 9.17) is 21.1 Å². The van der Waals surface area contributed by atoms with Gasteiger partial charge in [-0.25, -0.2) is 13.4 Å². The first-order valence-electron chi connectivity index (χ1n) is 9.46. The van der Waals surface area contributed by atoms with E-state index in [1.165, 1.54) is 4.31 Å². The summed E-state index contributed by atoms with van der Waals surface area (Å²) in [6, 6.07) is 10.1. The van der Waals surface area contributed by atoms with Gasteiger partial charge in [0, 0.05) is 41.7 Å². The lowest BCUT2D eigenvalue weighted by Gasteiger charge is -2.25. The van der Waals surface area contributed by atoms with Crippen molar-refractivity contribution in [2.24, 2.45) is 0 Å². The molecule has 0 aliphatic carbocycles. The number of benzene rings is 2. The molecule has 1 aromatic heterocycles. The van der Waals surface area contributed by atoms with Crippen LogP contribution in [0.4, 0.5) is 11.5 Å². The Hall–Kier alpha value is -2.27. The summed E-state index contributed by atoms with van der Waals surface area (Å²) < 4.78 is 37.9. The molecule has 2 heterocycles. The molecule has 1 N–H and O–H groups in total. The Morgan fingerprint density at radius 2 is 1.68 bits per heavy atom. The third-order valence-corrected chi connectivity index (χ3v) is 7.92. The molecule has 0 unspecified atom stereocenters. The molecule has 1 saturated heterocycles. The number of hydrogen-bond donors (Lipinski definition) is 1. The summed E-state index contributed by atoms with van der Waals surface area (Å²) in [6.07, 6.45) is 0. The lowest BCUT2D eigenvalue weighted by Crippen LogP contribution is -2.37. The van der Waals surface area contributed by atoms with Crippen molar-refractivity contribution in [3.8, 4) is 11.5 Å². The standard InChI is InChI=1S/C20H21ClN4O4S2/c1-28-17-11-15-16(12-18(17)29-2)23-20(21)24-19(15)22-13-3-5-14(6-4-13)31(26,27)25-7-9-30-10-8-25/h3-6,11-12H,7-10H2,1-2H3,(H,22,23,24). The number of thioether (sulfide) groups is 1. The number of ether oxygens (including phenoxy) is 2. The minimum Gasteiger partial charge on any atom is -0.493 e. The quantitative estimate of drug-likeness (QED) is 0.533. The third-order valence-electron chi connectivity index (χ3n) is 4.90. The molecule has 2 aromatic carbocycles. The number of nitrogens with zero attached hydrogens (tertiary/aromatic N) is 3. The zero-order valence-corrected chi connectivity index (χ0v) is 19.4. The summed E-state index contributed by atoms with van der Waals surface area (Å²) >= 11 is 7.87. The van der Waals surface area contributed by atoms with E-state index >= 15 is 0 Å². The largest absolute Gasteiger partial charge is 0.493 e. The molecule has 31 heavy (non-hydrogen) atoms. The molecule has 1 fully saturated rings. The molecule has 1 aliphatic heterocycles. The van der Waals surface area contributed by atoms with Crippen LogP contribution in [0.5, 0.6) is 11.5 Å². The van der Waals surface area contributed by atoms with Crippen LogP contribution >= 0.6 is 23.4 Å². The number of anilines is 2. The van der Waals surface area contributed by atoms with Crippen LogP contribution in [0.25, 0.3) is 10.9 Å². The Morgan fingerprint density at radius 1 is 1.03 bits per heavy atom. The van der Waals surface area contributed by atoms with Crippen LogP contribution in [-0.4, -0.2) is 61.5 Å². The first kappa shape index (κ1) is 21.9. The minimum atomic E-state index is -3.49. The van der Waals surface area contributed by atoms with E-state index in [0.717, 1.165) is 11.5 Å². The van der Waals surface area contributed by atoms with Gasteiger partial charge in [-0.1, -0.05) is 0 Å². The van der Waals surface area contributed by atoms with Gasteiger partial charge in [0.15, 0.2) is 11.5 Å². The highest BCUT2D eigenvalue weighted by Gasteiger charge is 2.26. The van der Waals surface area contributed by atoms with E-state index in [0.29, 0.717) is 47.0 Å². The van der Waals surface area contributed by atoms with E-state index in [9.17, 15) is 8.42 Å². The number of halogens is 1. The highest BCUT2D eigenvalue weighted by Crippen LogP contribution is 2.35. The topological polar surface area (TPSA) is 93.7 Å². The Labute approximate surface area is 190 Å². The number of hydrogen-bond acceptors (Lipinski definition) is 8. The SMILES string of the molecule is COc1cc2nc(Cl)nc(Nc3ccc(S(=O)(=O)N4CCSCC4)cc3)c2cc1OC. The zero-order chi connectivity index (χ0) is 22.0. The monoisotopic (exact) mass is 480 g/mol. The molecule has 164 valence electrons. The van der Waals surface area contributed by atoms with E-state index in [1.807, 2.05) is 0 Å². The average Bonchev–Trinajstić information content (AvgIpc) is 2.79. The van der Waals surface area contributed by atoms with Crippen LogP contribution in [-0.2, 0) is 10.0 Å². The summed E-state index contributed by atoms with van der Waals surface area (Å²) in [5, 5.41) is 3.95. The maximum Gasteiger partial charge on any atom is 0.243 e. The molecule has 0 saturated carbocycles. The molecule has 0 spiro atoms. The van der Waals surface area contributed by atoms with Gasteiger partial charge in [0.25, 0.3) is 0 Å². The molecule has 1 aliphatic rings. The Kier molecular flexibility index (Phi) is 6.42. The maximum atomic E-state index is 12.8. The van der Waals surface area contributed by atoms with Crippen molar-refractivity contribution in [1.82, 2.24) is 14.3 Å². The van der Waals surface area contributed by atoms with E-state index in [2.05, 4.69) is 15.3 Å². The van der Waals surface area contributed by atoms with Crippen LogP contribution < -0.4 is 14.8 Å². The third kappa shape index (κ3) is 4.52. The lowest BCUT2D eigenvalue weighted by atomic mass is 10.2. The second kappa shape index (κ2) is 9.07. The summed E-state index contributed by atoms with van der Waals surface area (Å²) in [4.78, 5) is 8.81. The fraction of sp³-hybridized carbons (Fsp3) is 0.300. The molecule has 0 atom stereocenters. The van der Waals surface area contributed by atoms with Gasteiger partial charge in [0.1, 0.15) is 5.82 Å². The van der Waals surface area contributed by atoms with Gasteiger partial charge in [-0.3, -0.25) is 0 Å². The molecule has 8 nitrogen and oxygen atoms in total. The van der Waals surface area contributed by atoms with Crippen LogP contribution in [0, 0.1) is 0 Å². The zero-order valence-electron chi connectivity index (χ0n) is 17.0. The lowest BCUT2D eigenvalue weighted by molar-refractivity contribution is 0.356. The molecule has 4 rings (SSSR count). The number of fused-ring (bicyclic) bond motifs is 1. The number of methoxy groups -OCH3 is 2. The fourth-order valence-electron chi connectivity index (χ4n) is 3.31. The number of sulfonamides is 1. The van der Waals surface area contributed by atoms with Gasteiger partial charge in [-0.15, -0.1) is 0 Å². The van der Waals surface area contributed by atoms with Crippen molar-refractivity contribution in [2.75, 3.05) is 44.1 Å². The van der Waals surface area contributed by atoms with Crippen molar-refractivity contribution in [2.45, 2.75) is 4.90 Å². The number of nitrogens with one attached hydrogen (secondary N) is 1. The molecule has 0 amide bonds. The van der Waals surface area contributed by atoms with Gasteiger partial charge in [0.05, 0.1) is 24.6 Å². The van der Waals surface area contributed by atoms with Gasteiger partial charge in [-0.2, -0.15) is 21.1 Å². The summed E-state index contributed by atoms with van der Waals surface area (Å²) in [7, 11) is -0.400. The van der Waals surface area contributed by atoms with Crippen molar-refractivity contribution in [1.29, 1.82) is 0 Å². The molecule has 3 aromatic rings. The Morgan fingerprint density at radius 3 is 2.32 bits per heavy atom. The van der Waals surface area contributed by atoms with Gasteiger partial charge < -0.3 is 14.8 Å². The Balaban J connectivity index is 1.65. The molecule has 0 bridgehead atoms. The van der Waals surface area contributed by atoms with Crippen LogP contribution in [0.2, 0.25) is 5.28 Å². The maximum absolute atomic E-state index is 12.8. The molecular formula is C20H21ClN4O4S2. The highest BCUT2D eigenvalue weighted by atomic mass is 35.5. The first-order chi connectivity index (χ1) is 14.9. The fourth-order valence-corrected chi connectivity index (χ4v) is 6.06. The van der Waals surface area contributed by atoms with Gasteiger partial charge >= 0.3 is 0 Å². The van der Waals surface area contributed by atoms with E-state index in [1.54, 1.807) is 62.4 Å². The predicted octanol–water partition coefficient (Wildman–Crippen LogP) is 3.78. The average molecular weight is 481 g/mol. The van der Waals surface area contributed by atoms with Gasteiger partial charge in [0.2, 0.25) is 15.3 Å². The minimum absolute atomic E-state index is 0.0735. The molecule has 0 radical (unpaired) electrons. The van der Waals surface area contributed by atoms with Crippen LogP contribution in [0.15, 0.2) is 41.3 Å². The molecular weight excluding hydrogens is 460 g/mol. The summed E-state index contributed by atoms with van der Waals surface area (Å²) in [6.45, 7) is 1.06.